The zero-order valence-electron chi connectivity index (χ0n) is 15.9. The predicted molar refractivity (Wildman–Crippen MR) is 108 cm³/mol. The van der Waals surface area contributed by atoms with Gasteiger partial charge in [0.05, 0.1) is 11.6 Å². The summed E-state index contributed by atoms with van der Waals surface area (Å²) in [6.45, 7) is 3.53. The van der Waals surface area contributed by atoms with Crippen LogP contribution in [0.15, 0.2) is 60.8 Å². The molecule has 1 amide bonds. The largest absolute Gasteiger partial charge is 0.338 e. The van der Waals surface area contributed by atoms with Crippen LogP contribution in [0.4, 0.5) is 0 Å². The molecule has 1 aromatic heterocycles. The molecule has 2 heterocycles. The third-order valence-corrected chi connectivity index (χ3v) is 5.39. The van der Waals surface area contributed by atoms with Gasteiger partial charge in [0.15, 0.2) is 0 Å². The predicted octanol–water partition coefficient (Wildman–Crippen LogP) is 4.21. The summed E-state index contributed by atoms with van der Waals surface area (Å²) in [6.07, 6.45) is 3.73. The van der Waals surface area contributed by atoms with Crippen LogP contribution in [0.2, 0.25) is 0 Å². The standard InChI is InChI=1S/C23H22N4O/c1-17-16-25-22(19-5-3-2-4-6-19)27(17)21-11-13-26(14-12-21)23(28)20-9-7-18(15-24)8-10-20/h2-10,16,21H,11-14H2,1H3. The van der Waals surface area contributed by atoms with Gasteiger partial charge in [0, 0.05) is 42.1 Å². The molecule has 1 aliphatic heterocycles. The van der Waals surface area contributed by atoms with E-state index in [1.165, 1.54) is 0 Å². The van der Waals surface area contributed by atoms with Gasteiger partial charge in [-0.1, -0.05) is 30.3 Å². The molecular formula is C23H22N4O. The fourth-order valence-corrected chi connectivity index (χ4v) is 3.90. The molecule has 1 aliphatic rings. The van der Waals surface area contributed by atoms with Gasteiger partial charge in [0.25, 0.3) is 5.91 Å². The van der Waals surface area contributed by atoms with E-state index >= 15 is 0 Å². The fourth-order valence-electron chi connectivity index (χ4n) is 3.90. The number of benzene rings is 2. The Morgan fingerprint density at radius 2 is 1.75 bits per heavy atom. The zero-order chi connectivity index (χ0) is 19.5. The van der Waals surface area contributed by atoms with Crippen molar-refractivity contribution in [2.24, 2.45) is 0 Å². The Morgan fingerprint density at radius 3 is 2.39 bits per heavy atom. The molecule has 4 rings (SSSR count). The summed E-state index contributed by atoms with van der Waals surface area (Å²) in [5, 5.41) is 8.91. The number of nitriles is 1. The summed E-state index contributed by atoms with van der Waals surface area (Å²) >= 11 is 0. The summed E-state index contributed by atoms with van der Waals surface area (Å²) < 4.78 is 2.32. The smallest absolute Gasteiger partial charge is 0.253 e. The normalized spacial score (nSPS) is 14.6. The van der Waals surface area contributed by atoms with Crippen molar-refractivity contribution >= 4 is 5.91 Å². The van der Waals surface area contributed by atoms with Crippen LogP contribution in [0.5, 0.6) is 0 Å². The highest BCUT2D eigenvalue weighted by Gasteiger charge is 2.27. The zero-order valence-corrected chi connectivity index (χ0v) is 15.9. The van der Waals surface area contributed by atoms with Crippen LogP contribution in [0.25, 0.3) is 11.4 Å². The van der Waals surface area contributed by atoms with Crippen molar-refractivity contribution < 1.29 is 4.79 Å². The van der Waals surface area contributed by atoms with E-state index < -0.39 is 0 Å². The molecule has 0 radical (unpaired) electrons. The van der Waals surface area contributed by atoms with E-state index in [4.69, 9.17) is 5.26 Å². The molecule has 2 aromatic carbocycles. The molecule has 5 heteroatoms. The highest BCUT2D eigenvalue weighted by molar-refractivity contribution is 5.94. The van der Waals surface area contributed by atoms with E-state index in [-0.39, 0.29) is 5.91 Å². The number of carbonyl (C=O) groups is 1. The van der Waals surface area contributed by atoms with Gasteiger partial charge in [0.1, 0.15) is 5.82 Å². The second kappa shape index (κ2) is 7.69. The molecule has 0 bridgehead atoms. The van der Waals surface area contributed by atoms with Crippen molar-refractivity contribution in [3.05, 3.63) is 77.6 Å². The average molecular weight is 370 g/mol. The monoisotopic (exact) mass is 370 g/mol. The van der Waals surface area contributed by atoms with Crippen LogP contribution in [0.3, 0.4) is 0 Å². The first-order chi connectivity index (χ1) is 13.7. The molecule has 5 nitrogen and oxygen atoms in total. The molecule has 3 aromatic rings. The van der Waals surface area contributed by atoms with Gasteiger partial charge >= 0.3 is 0 Å². The van der Waals surface area contributed by atoms with Crippen molar-refractivity contribution in [3.63, 3.8) is 0 Å². The number of hydrogen-bond acceptors (Lipinski definition) is 3. The Labute approximate surface area is 164 Å². The molecule has 0 unspecified atom stereocenters. The van der Waals surface area contributed by atoms with E-state index in [9.17, 15) is 4.79 Å². The van der Waals surface area contributed by atoms with Gasteiger partial charge < -0.3 is 9.47 Å². The van der Waals surface area contributed by atoms with Crippen molar-refractivity contribution in [1.29, 1.82) is 5.26 Å². The van der Waals surface area contributed by atoms with Crippen LogP contribution in [0.1, 0.15) is 40.5 Å². The van der Waals surface area contributed by atoms with E-state index in [2.05, 4.69) is 34.7 Å². The van der Waals surface area contributed by atoms with Crippen LogP contribution in [0, 0.1) is 18.3 Å². The molecule has 28 heavy (non-hydrogen) atoms. The SMILES string of the molecule is Cc1cnc(-c2ccccc2)n1C1CCN(C(=O)c2ccc(C#N)cc2)CC1. The number of carbonyl (C=O) groups excluding carboxylic acids is 1. The third kappa shape index (κ3) is 3.41. The molecule has 1 fully saturated rings. The van der Waals surface area contributed by atoms with E-state index in [1.807, 2.05) is 29.3 Å². The maximum absolute atomic E-state index is 12.8. The average Bonchev–Trinajstić information content (AvgIpc) is 3.15. The number of rotatable bonds is 3. The van der Waals surface area contributed by atoms with E-state index in [0.717, 1.165) is 43.0 Å². The van der Waals surface area contributed by atoms with Gasteiger partial charge in [-0.25, -0.2) is 4.98 Å². The summed E-state index contributed by atoms with van der Waals surface area (Å²) in [5.41, 5.74) is 3.47. The van der Waals surface area contributed by atoms with Gasteiger partial charge in [-0.2, -0.15) is 5.26 Å². The molecule has 0 aliphatic carbocycles. The minimum absolute atomic E-state index is 0.0357. The fraction of sp³-hybridized carbons (Fsp3) is 0.261. The summed E-state index contributed by atoms with van der Waals surface area (Å²) in [4.78, 5) is 19.3. The van der Waals surface area contributed by atoms with Gasteiger partial charge in [-0.15, -0.1) is 0 Å². The van der Waals surface area contributed by atoms with E-state index in [1.54, 1.807) is 24.3 Å². The number of nitrogens with zero attached hydrogens (tertiary/aromatic N) is 4. The first kappa shape index (κ1) is 18.0. The molecule has 0 spiro atoms. The number of aromatic nitrogens is 2. The summed E-state index contributed by atoms with van der Waals surface area (Å²) in [5.74, 6) is 1.03. The van der Waals surface area contributed by atoms with Crippen molar-refractivity contribution in [1.82, 2.24) is 14.5 Å². The van der Waals surface area contributed by atoms with Crippen LogP contribution < -0.4 is 0 Å². The molecule has 0 atom stereocenters. The van der Waals surface area contributed by atoms with Gasteiger partial charge in [-0.05, 0) is 44.0 Å². The minimum atomic E-state index is 0.0357. The van der Waals surface area contributed by atoms with Crippen molar-refractivity contribution in [2.75, 3.05) is 13.1 Å². The Morgan fingerprint density at radius 1 is 1.07 bits per heavy atom. The van der Waals surface area contributed by atoms with Gasteiger partial charge in [0.2, 0.25) is 0 Å². The second-order valence-corrected chi connectivity index (χ2v) is 7.17. The quantitative estimate of drug-likeness (QED) is 0.694. The highest BCUT2D eigenvalue weighted by atomic mass is 16.2. The topological polar surface area (TPSA) is 61.9 Å². The third-order valence-electron chi connectivity index (χ3n) is 5.39. The Kier molecular flexibility index (Phi) is 4.94. The Hall–Kier alpha value is -3.39. The van der Waals surface area contributed by atoms with E-state index in [0.29, 0.717) is 17.2 Å². The minimum Gasteiger partial charge on any atom is -0.338 e. The lowest BCUT2D eigenvalue weighted by Crippen LogP contribution is -2.39. The second-order valence-electron chi connectivity index (χ2n) is 7.17. The molecule has 1 saturated heterocycles. The Balaban J connectivity index is 1.48. The lowest BCUT2D eigenvalue weighted by atomic mass is 10.0. The number of hydrogen-bond donors (Lipinski definition) is 0. The summed E-state index contributed by atoms with van der Waals surface area (Å²) in [6, 6.07) is 19.5. The first-order valence-electron chi connectivity index (χ1n) is 9.56. The lowest BCUT2D eigenvalue weighted by Gasteiger charge is -2.34. The van der Waals surface area contributed by atoms with Crippen LogP contribution in [-0.2, 0) is 0 Å². The molecule has 140 valence electrons. The Bertz CT molecular complexity index is 1010. The number of amides is 1. The number of likely N-dealkylation sites (tertiary alicyclic amines) is 1. The van der Waals surface area contributed by atoms with Crippen LogP contribution in [-0.4, -0.2) is 33.4 Å². The lowest BCUT2D eigenvalue weighted by molar-refractivity contribution is 0.0694. The maximum Gasteiger partial charge on any atom is 0.253 e. The van der Waals surface area contributed by atoms with Gasteiger partial charge in [-0.3, -0.25) is 4.79 Å². The maximum atomic E-state index is 12.8. The number of aryl methyl sites for hydroxylation is 1. The number of piperidine rings is 1. The molecular weight excluding hydrogens is 348 g/mol. The first-order valence-corrected chi connectivity index (χ1v) is 9.56. The van der Waals surface area contributed by atoms with Crippen LogP contribution >= 0.6 is 0 Å². The molecule has 0 N–H and O–H groups in total. The number of imidazole rings is 1. The molecule has 0 saturated carbocycles. The van der Waals surface area contributed by atoms with Crippen molar-refractivity contribution in [3.8, 4) is 17.5 Å². The highest BCUT2D eigenvalue weighted by Crippen LogP contribution is 2.30. The van der Waals surface area contributed by atoms with Crippen molar-refractivity contribution in [2.45, 2.75) is 25.8 Å². The summed E-state index contributed by atoms with van der Waals surface area (Å²) in [7, 11) is 0.